The molecule has 6 heteroatoms. The van der Waals surface area contributed by atoms with Crippen LogP contribution in [0.25, 0.3) is 5.57 Å². The molecule has 0 bridgehead atoms. The molecule has 2 amide bonds. The van der Waals surface area contributed by atoms with Gasteiger partial charge in [0.25, 0.3) is 11.8 Å². The van der Waals surface area contributed by atoms with E-state index in [-0.39, 0.29) is 11.6 Å². The molecule has 0 saturated heterocycles. The number of ether oxygens (including phenoxy) is 2. The quantitative estimate of drug-likeness (QED) is 0.487. The number of amides is 2. The fraction of sp³-hybridized carbons (Fsp3) is 0.185. The van der Waals surface area contributed by atoms with E-state index in [4.69, 9.17) is 9.47 Å². The summed E-state index contributed by atoms with van der Waals surface area (Å²) in [6, 6.07) is 21.8. The van der Waals surface area contributed by atoms with Crippen LogP contribution in [0.2, 0.25) is 0 Å². The number of carbonyl (C=O) groups excluding carboxylic acids is 2. The van der Waals surface area contributed by atoms with Gasteiger partial charge in [0, 0.05) is 5.69 Å². The Balaban J connectivity index is 1.76. The summed E-state index contributed by atoms with van der Waals surface area (Å²) in [5.41, 5.74) is 3.29. The van der Waals surface area contributed by atoms with E-state index in [2.05, 4.69) is 5.32 Å². The van der Waals surface area contributed by atoms with E-state index in [1.807, 2.05) is 63.2 Å². The molecule has 4 rings (SSSR count). The maximum absolute atomic E-state index is 13.6. The third-order valence-electron chi connectivity index (χ3n) is 5.33. The van der Waals surface area contributed by atoms with E-state index in [1.165, 1.54) is 4.90 Å². The van der Waals surface area contributed by atoms with Gasteiger partial charge >= 0.3 is 0 Å². The van der Waals surface area contributed by atoms with Crippen molar-refractivity contribution < 1.29 is 19.1 Å². The van der Waals surface area contributed by atoms with Gasteiger partial charge in [-0.2, -0.15) is 0 Å². The van der Waals surface area contributed by atoms with Gasteiger partial charge in [-0.3, -0.25) is 9.59 Å². The molecule has 3 aromatic rings. The number of hydrogen-bond donors (Lipinski definition) is 1. The Morgan fingerprint density at radius 3 is 1.91 bits per heavy atom. The number of carbonyl (C=O) groups is 2. The van der Waals surface area contributed by atoms with Crippen LogP contribution in [-0.4, -0.2) is 25.0 Å². The molecule has 0 unspecified atom stereocenters. The minimum Gasteiger partial charge on any atom is -0.494 e. The van der Waals surface area contributed by atoms with Gasteiger partial charge in [-0.25, -0.2) is 4.90 Å². The molecule has 0 aromatic heterocycles. The summed E-state index contributed by atoms with van der Waals surface area (Å²) in [5.74, 6) is 0.675. The topological polar surface area (TPSA) is 67.9 Å². The Bertz CT molecular complexity index is 1200. The molecule has 1 aliphatic rings. The number of benzene rings is 3. The molecule has 3 aromatic carbocycles. The Hall–Kier alpha value is -4.06. The van der Waals surface area contributed by atoms with Crippen molar-refractivity contribution in [3.05, 3.63) is 89.6 Å². The second-order valence-corrected chi connectivity index (χ2v) is 7.52. The molecule has 168 valence electrons. The number of aryl methyl sites for hydroxylation is 1. The summed E-state index contributed by atoms with van der Waals surface area (Å²) < 4.78 is 11.0. The summed E-state index contributed by atoms with van der Waals surface area (Å²) >= 11 is 0. The zero-order chi connectivity index (χ0) is 23.4. The Morgan fingerprint density at radius 1 is 0.758 bits per heavy atom. The van der Waals surface area contributed by atoms with Crippen LogP contribution in [-0.2, 0) is 9.59 Å². The molecular formula is C27H26N2O4. The molecule has 6 nitrogen and oxygen atoms in total. The smallest absolute Gasteiger partial charge is 0.282 e. The molecule has 1 aliphatic heterocycles. The normalized spacial score (nSPS) is 13.5. The number of imide groups is 1. The van der Waals surface area contributed by atoms with Crippen LogP contribution in [0.3, 0.4) is 0 Å². The number of hydrogen-bond acceptors (Lipinski definition) is 5. The highest BCUT2D eigenvalue weighted by Crippen LogP contribution is 2.35. The molecule has 0 radical (unpaired) electrons. The number of para-hydroxylation sites is 1. The lowest BCUT2D eigenvalue weighted by atomic mass is 10.0. The van der Waals surface area contributed by atoms with E-state index in [0.717, 1.165) is 11.3 Å². The zero-order valence-electron chi connectivity index (χ0n) is 18.9. The molecule has 1 N–H and O–H groups in total. The largest absolute Gasteiger partial charge is 0.494 e. The standard InChI is InChI=1S/C27H26N2O4/c1-4-32-21-14-10-19(11-15-21)24-25(28-20-12-16-22(17-13-20)33-5-2)27(31)29(26(24)30)23-9-7-6-8-18(23)3/h6-17,28H,4-5H2,1-3H3. The molecule has 0 fully saturated rings. The van der Waals surface area contributed by atoms with Crippen LogP contribution in [0.15, 0.2) is 78.5 Å². The third-order valence-corrected chi connectivity index (χ3v) is 5.33. The monoisotopic (exact) mass is 442 g/mol. The average molecular weight is 443 g/mol. The van der Waals surface area contributed by atoms with Crippen LogP contribution < -0.4 is 19.7 Å². The fourth-order valence-corrected chi connectivity index (χ4v) is 3.78. The maximum atomic E-state index is 13.6. The van der Waals surface area contributed by atoms with Crippen LogP contribution in [0.4, 0.5) is 11.4 Å². The van der Waals surface area contributed by atoms with Gasteiger partial charge in [-0.15, -0.1) is 0 Å². The lowest BCUT2D eigenvalue weighted by Crippen LogP contribution is -2.33. The Labute approximate surface area is 193 Å². The van der Waals surface area contributed by atoms with Gasteiger partial charge in [0.1, 0.15) is 17.2 Å². The SMILES string of the molecule is CCOc1ccc(NC2=C(c3ccc(OCC)cc3)C(=O)N(c3ccccc3C)C2=O)cc1. The fourth-order valence-electron chi connectivity index (χ4n) is 3.78. The molecule has 0 atom stereocenters. The van der Waals surface area contributed by atoms with Gasteiger partial charge in [0.2, 0.25) is 0 Å². The first-order chi connectivity index (χ1) is 16.0. The number of nitrogens with zero attached hydrogens (tertiary/aromatic N) is 1. The van der Waals surface area contributed by atoms with Gasteiger partial charge in [-0.05, 0) is 74.4 Å². The first kappa shape index (κ1) is 22.1. The lowest BCUT2D eigenvalue weighted by molar-refractivity contribution is -0.120. The highest BCUT2D eigenvalue weighted by Gasteiger charge is 2.40. The predicted octanol–water partition coefficient (Wildman–Crippen LogP) is 5.19. The molecule has 0 saturated carbocycles. The highest BCUT2D eigenvalue weighted by molar-refractivity contribution is 6.46. The van der Waals surface area contributed by atoms with Gasteiger partial charge in [0.05, 0.1) is 24.5 Å². The zero-order valence-corrected chi connectivity index (χ0v) is 18.9. The molecule has 1 heterocycles. The van der Waals surface area contributed by atoms with E-state index < -0.39 is 5.91 Å². The summed E-state index contributed by atoms with van der Waals surface area (Å²) in [7, 11) is 0. The van der Waals surface area contributed by atoms with Crippen molar-refractivity contribution in [3.63, 3.8) is 0 Å². The highest BCUT2D eigenvalue weighted by atomic mass is 16.5. The van der Waals surface area contributed by atoms with Crippen molar-refractivity contribution >= 4 is 28.8 Å². The van der Waals surface area contributed by atoms with Gasteiger partial charge in [-0.1, -0.05) is 30.3 Å². The van der Waals surface area contributed by atoms with Crippen molar-refractivity contribution in [3.8, 4) is 11.5 Å². The van der Waals surface area contributed by atoms with E-state index >= 15 is 0 Å². The van der Waals surface area contributed by atoms with Crippen LogP contribution in [0.1, 0.15) is 25.0 Å². The van der Waals surface area contributed by atoms with Crippen molar-refractivity contribution in [1.29, 1.82) is 0 Å². The third kappa shape index (κ3) is 4.46. The Kier molecular flexibility index (Phi) is 6.45. The maximum Gasteiger partial charge on any atom is 0.282 e. The van der Waals surface area contributed by atoms with Crippen molar-refractivity contribution in [2.75, 3.05) is 23.4 Å². The first-order valence-corrected chi connectivity index (χ1v) is 10.9. The van der Waals surface area contributed by atoms with E-state index in [0.29, 0.717) is 41.5 Å². The predicted molar refractivity (Wildman–Crippen MR) is 129 cm³/mol. The molecule has 33 heavy (non-hydrogen) atoms. The molecular weight excluding hydrogens is 416 g/mol. The summed E-state index contributed by atoms with van der Waals surface area (Å²) in [6.45, 7) is 6.82. The summed E-state index contributed by atoms with van der Waals surface area (Å²) in [4.78, 5) is 28.3. The second kappa shape index (κ2) is 9.61. The Morgan fingerprint density at radius 2 is 1.33 bits per heavy atom. The number of nitrogens with one attached hydrogen (secondary N) is 1. The molecule has 0 aliphatic carbocycles. The van der Waals surface area contributed by atoms with Crippen LogP contribution in [0, 0.1) is 6.92 Å². The van der Waals surface area contributed by atoms with Gasteiger partial charge in [0.15, 0.2) is 0 Å². The van der Waals surface area contributed by atoms with Crippen LogP contribution in [0.5, 0.6) is 11.5 Å². The van der Waals surface area contributed by atoms with Gasteiger partial charge < -0.3 is 14.8 Å². The van der Waals surface area contributed by atoms with Crippen LogP contribution >= 0.6 is 0 Å². The minimum absolute atomic E-state index is 0.233. The van der Waals surface area contributed by atoms with Crippen molar-refractivity contribution in [2.45, 2.75) is 20.8 Å². The number of rotatable bonds is 8. The summed E-state index contributed by atoms with van der Waals surface area (Å²) in [5, 5.41) is 3.18. The first-order valence-electron chi connectivity index (χ1n) is 10.9. The minimum atomic E-state index is -0.396. The van der Waals surface area contributed by atoms with Crippen molar-refractivity contribution in [2.24, 2.45) is 0 Å². The van der Waals surface area contributed by atoms with Crippen molar-refractivity contribution in [1.82, 2.24) is 0 Å². The average Bonchev–Trinajstić information content (AvgIpc) is 3.06. The summed E-state index contributed by atoms with van der Waals surface area (Å²) in [6.07, 6.45) is 0. The van der Waals surface area contributed by atoms with E-state index in [1.54, 1.807) is 30.3 Å². The lowest BCUT2D eigenvalue weighted by Gasteiger charge is -2.17. The second-order valence-electron chi connectivity index (χ2n) is 7.52. The van der Waals surface area contributed by atoms with E-state index in [9.17, 15) is 9.59 Å². The number of anilines is 2. The molecule has 0 spiro atoms.